The zero-order valence-corrected chi connectivity index (χ0v) is 12.3. The molecule has 0 radical (unpaired) electrons. The number of aromatic nitrogens is 2. The minimum absolute atomic E-state index is 0.185. The number of nitrogens with zero attached hydrogens (tertiary/aromatic N) is 2. The van der Waals surface area contributed by atoms with Gasteiger partial charge in [-0.3, -0.25) is 13.9 Å². The Morgan fingerprint density at radius 1 is 1.38 bits per heavy atom. The smallest absolute Gasteiger partial charge is 0.332 e. The van der Waals surface area contributed by atoms with Gasteiger partial charge >= 0.3 is 5.69 Å². The number of nitrogens with two attached hydrogens (primary N) is 1. The van der Waals surface area contributed by atoms with Crippen molar-refractivity contribution in [3.8, 4) is 0 Å². The maximum Gasteiger partial charge on any atom is 0.332 e. The maximum atomic E-state index is 12.1. The van der Waals surface area contributed by atoms with E-state index in [2.05, 4.69) is 5.32 Å². The fourth-order valence-electron chi connectivity index (χ4n) is 2.15. The summed E-state index contributed by atoms with van der Waals surface area (Å²) in [5.74, 6) is 1.00. The van der Waals surface area contributed by atoms with E-state index in [-0.39, 0.29) is 11.5 Å². The van der Waals surface area contributed by atoms with Gasteiger partial charge in [-0.1, -0.05) is 6.92 Å². The molecule has 2 aromatic rings. The second kappa shape index (κ2) is 6.34. The molecular weight excluding hydrogens is 272 g/mol. The van der Waals surface area contributed by atoms with Crippen molar-refractivity contribution in [2.24, 2.45) is 7.05 Å². The Morgan fingerprint density at radius 3 is 2.76 bits per heavy atom. The number of rotatable bonds is 6. The summed E-state index contributed by atoms with van der Waals surface area (Å²) >= 11 is 0. The van der Waals surface area contributed by atoms with E-state index >= 15 is 0 Å². The number of hydrogen-bond acceptors (Lipinski definition) is 5. The first-order valence-electron chi connectivity index (χ1n) is 6.91. The molecule has 7 nitrogen and oxygen atoms in total. The number of anilines is 2. The lowest BCUT2D eigenvalue weighted by atomic mass is 10.3. The molecule has 0 aromatic carbocycles. The molecule has 0 fully saturated rings. The van der Waals surface area contributed by atoms with E-state index in [9.17, 15) is 9.59 Å². The monoisotopic (exact) mass is 292 g/mol. The molecule has 2 aromatic heterocycles. The van der Waals surface area contributed by atoms with Gasteiger partial charge in [-0.15, -0.1) is 0 Å². The third kappa shape index (κ3) is 3.01. The van der Waals surface area contributed by atoms with Crippen molar-refractivity contribution in [3.05, 3.63) is 45.0 Å². The van der Waals surface area contributed by atoms with Crippen molar-refractivity contribution in [2.75, 3.05) is 17.6 Å². The first kappa shape index (κ1) is 15.0. The van der Waals surface area contributed by atoms with E-state index in [0.29, 0.717) is 19.5 Å². The average molecular weight is 292 g/mol. The van der Waals surface area contributed by atoms with Gasteiger partial charge < -0.3 is 15.5 Å². The summed E-state index contributed by atoms with van der Waals surface area (Å²) < 4.78 is 7.71. The van der Waals surface area contributed by atoms with E-state index < -0.39 is 11.2 Å². The van der Waals surface area contributed by atoms with Gasteiger partial charge in [0.25, 0.3) is 5.56 Å². The third-order valence-corrected chi connectivity index (χ3v) is 3.28. The third-order valence-electron chi connectivity index (χ3n) is 3.28. The molecule has 0 spiro atoms. The Bertz CT molecular complexity index is 713. The van der Waals surface area contributed by atoms with E-state index in [0.717, 1.165) is 16.7 Å². The van der Waals surface area contributed by atoms with Gasteiger partial charge in [0.2, 0.25) is 0 Å². The highest BCUT2D eigenvalue weighted by atomic mass is 16.3. The van der Waals surface area contributed by atoms with Gasteiger partial charge in [0.15, 0.2) is 0 Å². The Kier molecular flexibility index (Phi) is 4.52. The van der Waals surface area contributed by atoms with Gasteiger partial charge in [0.05, 0.1) is 6.26 Å². The van der Waals surface area contributed by atoms with Crippen molar-refractivity contribution in [1.82, 2.24) is 9.13 Å². The second-order valence-electron chi connectivity index (χ2n) is 4.81. The molecule has 2 rings (SSSR count). The molecule has 0 aliphatic heterocycles. The van der Waals surface area contributed by atoms with Crippen molar-refractivity contribution >= 4 is 11.5 Å². The van der Waals surface area contributed by atoms with Crippen molar-refractivity contribution in [2.45, 2.75) is 26.3 Å². The number of nitrogens with one attached hydrogen (secondary N) is 1. The molecule has 114 valence electrons. The van der Waals surface area contributed by atoms with Crippen LogP contribution in [0.1, 0.15) is 19.1 Å². The summed E-state index contributed by atoms with van der Waals surface area (Å²) in [5, 5.41) is 3.01. The van der Waals surface area contributed by atoms with Crippen LogP contribution in [0, 0.1) is 0 Å². The van der Waals surface area contributed by atoms with Crippen LogP contribution in [0.5, 0.6) is 0 Å². The van der Waals surface area contributed by atoms with Crippen LogP contribution < -0.4 is 22.3 Å². The van der Waals surface area contributed by atoms with Crippen molar-refractivity contribution in [1.29, 1.82) is 0 Å². The van der Waals surface area contributed by atoms with E-state index in [1.165, 1.54) is 11.6 Å². The van der Waals surface area contributed by atoms with Gasteiger partial charge in [0.1, 0.15) is 17.3 Å². The summed E-state index contributed by atoms with van der Waals surface area (Å²) in [5.41, 5.74) is 5.42. The highest BCUT2D eigenvalue weighted by Gasteiger charge is 2.14. The molecule has 21 heavy (non-hydrogen) atoms. The van der Waals surface area contributed by atoms with Crippen molar-refractivity contribution in [3.63, 3.8) is 0 Å². The van der Waals surface area contributed by atoms with E-state index in [1.54, 1.807) is 6.26 Å². The van der Waals surface area contributed by atoms with Crippen LogP contribution in [-0.4, -0.2) is 15.7 Å². The number of nitrogen functional groups attached to an aromatic ring is 1. The molecule has 0 atom stereocenters. The largest absolute Gasteiger partial charge is 0.469 e. The number of hydrogen-bond donors (Lipinski definition) is 2. The van der Waals surface area contributed by atoms with Crippen LogP contribution in [0.2, 0.25) is 0 Å². The standard InChI is InChI=1S/C14H20N4O3/c1-3-8-18-12(15)11(13(19)17(2)14(18)20)16-7-6-10-5-4-9-21-10/h4-5,9,16H,3,6-8,15H2,1-2H3. The summed E-state index contributed by atoms with van der Waals surface area (Å²) in [4.78, 5) is 24.2. The highest BCUT2D eigenvalue weighted by Crippen LogP contribution is 2.11. The maximum absolute atomic E-state index is 12.1. The van der Waals surface area contributed by atoms with Gasteiger partial charge in [-0.2, -0.15) is 0 Å². The fraction of sp³-hybridized carbons (Fsp3) is 0.429. The Labute approximate surface area is 122 Å². The molecule has 0 unspecified atom stereocenters. The molecule has 7 heteroatoms. The molecule has 3 N–H and O–H groups in total. The predicted molar refractivity (Wildman–Crippen MR) is 81.5 cm³/mol. The van der Waals surface area contributed by atoms with Crippen LogP contribution in [0.15, 0.2) is 32.4 Å². The molecule has 2 heterocycles. The van der Waals surface area contributed by atoms with Gasteiger partial charge in [0, 0.05) is 26.6 Å². The zero-order chi connectivity index (χ0) is 15.4. The van der Waals surface area contributed by atoms with Crippen LogP contribution in [0.3, 0.4) is 0 Å². The number of furan rings is 1. The lowest BCUT2D eigenvalue weighted by Gasteiger charge is -2.15. The molecule has 0 bridgehead atoms. The minimum atomic E-state index is -0.413. The topological polar surface area (TPSA) is 95.2 Å². The SMILES string of the molecule is CCCn1c(N)c(NCCc2ccco2)c(=O)n(C)c1=O. The highest BCUT2D eigenvalue weighted by molar-refractivity contribution is 5.60. The fourth-order valence-corrected chi connectivity index (χ4v) is 2.15. The van der Waals surface area contributed by atoms with Gasteiger partial charge in [-0.25, -0.2) is 4.79 Å². The molecular formula is C14H20N4O3. The average Bonchev–Trinajstić information content (AvgIpc) is 2.98. The Morgan fingerprint density at radius 2 is 2.14 bits per heavy atom. The Balaban J connectivity index is 2.26. The van der Waals surface area contributed by atoms with Crippen LogP contribution in [-0.2, 0) is 20.0 Å². The first-order valence-corrected chi connectivity index (χ1v) is 6.91. The molecule has 0 amide bonds. The molecule has 0 aliphatic rings. The summed E-state index contributed by atoms with van der Waals surface area (Å²) in [6, 6.07) is 3.67. The van der Waals surface area contributed by atoms with Crippen LogP contribution in [0.4, 0.5) is 11.5 Å². The molecule has 0 saturated carbocycles. The lowest BCUT2D eigenvalue weighted by molar-refractivity contribution is 0.512. The van der Waals surface area contributed by atoms with E-state index in [1.807, 2.05) is 19.1 Å². The van der Waals surface area contributed by atoms with Crippen LogP contribution in [0.25, 0.3) is 0 Å². The summed E-state index contributed by atoms with van der Waals surface area (Å²) in [6.45, 7) is 2.92. The predicted octanol–water partition coefficient (Wildman–Crippen LogP) is 0.787. The van der Waals surface area contributed by atoms with Crippen LogP contribution >= 0.6 is 0 Å². The lowest BCUT2D eigenvalue weighted by Crippen LogP contribution is -2.40. The normalized spacial score (nSPS) is 10.8. The quantitative estimate of drug-likeness (QED) is 0.820. The minimum Gasteiger partial charge on any atom is -0.469 e. The van der Waals surface area contributed by atoms with Crippen molar-refractivity contribution < 1.29 is 4.42 Å². The Hall–Kier alpha value is -2.44. The first-order chi connectivity index (χ1) is 10.1. The molecule has 0 saturated heterocycles. The zero-order valence-electron chi connectivity index (χ0n) is 12.3. The summed E-state index contributed by atoms with van der Waals surface area (Å²) in [6.07, 6.45) is 2.99. The second-order valence-corrected chi connectivity index (χ2v) is 4.81. The van der Waals surface area contributed by atoms with E-state index in [4.69, 9.17) is 10.2 Å². The molecule has 0 aliphatic carbocycles. The van der Waals surface area contributed by atoms with Gasteiger partial charge in [-0.05, 0) is 18.6 Å². The summed E-state index contributed by atoms with van der Waals surface area (Å²) in [7, 11) is 1.45.